The molecule has 0 saturated heterocycles. The number of fused-ring (bicyclic) bond motifs is 2. The van der Waals surface area contributed by atoms with Crippen LogP contribution in [0.4, 0.5) is 10.1 Å². The molecule has 7 nitrogen and oxygen atoms in total. The van der Waals surface area contributed by atoms with Gasteiger partial charge in [-0.15, -0.1) is 0 Å². The molecule has 3 aromatic carbocycles. The van der Waals surface area contributed by atoms with E-state index in [-0.39, 0.29) is 16.5 Å². The fraction of sp³-hybridized carbons (Fsp3) is 0.148. The Hall–Kier alpha value is -3.97. The summed E-state index contributed by atoms with van der Waals surface area (Å²) >= 11 is 0. The zero-order valence-electron chi connectivity index (χ0n) is 19.4. The summed E-state index contributed by atoms with van der Waals surface area (Å²) in [5, 5.41) is 25.2. The van der Waals surface area contributed by atoms with Crippen molar-refractivity contribution in [1.29, 1.82) is 10.0 Å². The van der Waals surface area contributed by atoms with Crippen LogP contribution in [0.2, 0.25) is 0 Å². The first-order valence-corrected chi connectivity index (χ1v) is 12.9. The third kappa shape index (κ3) is 4.50. The van der Waals surface area contributed by atoms with Crippen molar-refractivity contribution in [3.8, 4) is 6.07 Å². The molecule has 182 valence electrons. The minimum absolute atomic E-state index is 0.146. The molecule has 1 aliphatic rings. The van der Waals surface area contributed by atoms with Gasteiger partial charge in [-0.3, -0.25) is 0 Å². The average Bonchev–Trinajstić information content (AvgIpc) is 3.14. The molecule has 4 aromatic rings. The Morgan fingerprint density at radius 1 is 1.22 bits per heavy atom. The summed E-state index contributed by atoms with van der Waals surface area (Å²) in [5.41, 5.74) is 2.13. The summed E-state index contributed by atoms with van der Waals surface area (Å²) in [4.78, 5) is 0.273. The summed E-state index contributed by atoms with van der Waals surface area (Å²) in [5.74, 6) is -0.648. The van der Waals surface area contributed by atoms with Gasteiger partial charge < -0.3 is 15.0 Å². The molecule has 1 aromatic heterocycles. The fourth-order valence-electron chi connectivity index (χ4n) is 4.55. The van der Waals surface area contributed by atoms with Crippen LogP contribution in [0, 0.1) is 21.9 Å². The SMILES string of the molecule is Cn1cc2c(c1C(O)Nc1ccc(F)c(C#N)c1)C=C[C@@H](Cc1ccc3ccccc3c1)NS2(=N)=O. The number of rotatable bonds is 5. The Kier molecular flexibility index (Phi) is 6.10. The van der Waals surface area contributed by atoms with Gasteiger partial charge in [0.25, 0.3) is 0 Å². The minimum atomic E-state index is -3.38. The Bertz CT molecular complexity index is 1650. The number of aryl methyl sites for hydroxylation is 1. The number of benzene rings is 3. The topological polar surface area (TPSA) is 114 Å². The lowest BCUT2D eigenvalue weighted by Gasteiger charge is -2.17. The number of hydrogen-bond donors (Lipinski definition) is 4. The van der Waals surface area contributed by atoms with Crippen molar-refractivity contribution < 1.29 is 13.7 Å². The highest BCUT2D eigenvalue weighted by Gasteiger charge is 2.28. The summed E-state index contributed by atoms with van der Waals surface area (Å²) in [6.07, 6.45) is 4.49. The number of aliphatic hydroxyl groups is 1. The van der Waals surface area contributed by atoms with Crippen LogP contribution in [0.5, 0.6) is 0 Å². The maximum Gasteiger partial charge on any atom is 0.166 e. The normalized spacial score (nSPS) is 19.9. The highest BCUT2D eigenvalue weighted by atomic mass is 32.2. The molecule has 0 saturated carbocycles. The van der Waals surface area contributed by atoms with Crippen molar-refractivity contribution >= 4 is 32.5 Å². The number of nitrogens with one attached hydrogen (secondary N) is 3. The molecule has 9 heteroatoms. The van der Waals surface area contributed by atoms with E-state index in [0.29, 0.717) is 23.4 Å². The zero-order chi connectivity index (χ0) is 25.4. The molecule has 0 aliphatic carbocycles. The number of aromatic nitrogens is 1. The van der Waals surface area contributed by atoms with E-state index in [1.807, 2.05) is 42.5 Å². The van der Waals surface area contributed by atoms with Crippen LogP contribution in [-0.2, 0) is 23.4 Å². The van der Waals surface area contributed by atoms with Crippen molar-refractivity contribution in [2.75, 3.05) is 5.32 Å². The molecule has 2 unspecified atom stereocenters. The standard InChI is InChI=1S/C27H24FN5O2S/c1-33-16-25-23(26(33)27(34)31-21-9-11-24(28)20(14-21)15-29)10-8-22(32-36(25,30)35)13-17-6-7-18-4-2-3-5-19(18)12-17/h2-12,14,16,22,27,31,34H,13H2,1H3,(H2,30,32,35)/t22-,27?,36?/m0/s1. The first-order valence-electron chi connectivity index (χ1n) is 11.3. The maximum atomic E-state index is 13.7. The van der Waals surface area contributed by atoms with Gasteiger partial charge >= 0.3 is 0 Å². The second-order valence-electron chi connectivity index (χ2n) is 8.78. The highest BCUT2D eigenvalue weighted by Crippen LogP contribution is 2.32. The van der Waals surface area contributed by atoms with Crippen LogP contribution < -0.4 is 10.0 Å². The third-order valence-electron chi connectivity index (χ3n) is 6.27. The van der Waals surface area contributed by atoms with E-state index in [2.05, 4.69) is 16.1 Å². The minimum Gasteiger partial charge on any atom is -0.368 e. The van der Waals surface area contributed by atoms with Crippen molar-refractivity contribution in [2.24, 2.45) is 7.05 Å². The second kappa shape index (κ2) is 9.24. The molecule has 0 fully saturated rings. The first-order chi connectivity index (χ1) is 17.2. The summed E-state index contributed by atoms with van der Waals surface area (Å²) in [6, 6.07) is 19.5. The van der Waals surface area contributed by atoms with Crippen molar-refractivity contribution in [3.63, 3.8) is 0 Å². The van der Waals surface area contributed by atoms with Gasteiger partial charge in [0.15, 0.2) is 6.23 Å². The molecule has 4 N–H and O–H groups in total. The Morgan fingerprint density at radius 3 is 2.78 bits per heavy atom. The maximum absolute atomic E-state index is 13.7. The molecule has 0 radical (unpaired) electrons. The molecule has 0 spiro atoms. The monoisotopic (exact) mass is 501 g/mol. The van der Waals surface area contributed by atoms with Crippen molar-refractivity contribution in [2.45, 2.75) is 23.6 Å². The summed E-state index contributed by atoms with van der Waals surface area (Å²) in [6.45, 7) is 0. The first kappa shape index (κ1) is 23.8. The lowest BCUT2D eigenvalue weighted by Crippen LogP contribution is -2.33. The van der Waals surface area contributed by atoms with Crippen molar-refractivity contribution in [3.05, 3.63) is 101 Å². The molecular formula is C27H24FN5O2S. The van der Waals surface area contributed by atoms with E-state index in [9.17, 15) is 13.7 Å². The van der Waals surface area contributed by atoms with Gasteiger partial charge in [0.05, 0.1) is 16.2 Å². The molecule has 2 heterocycles. The van der Waals surface area contributed by atoms with E-state index < -0.39 is 22.0 Å². The second-order valence-corrected chi connectivity index (χ2v) is 10.6. The number of anilines is 1. The van der Waals surface area contributed by atoms with Gasteiger partial charge in [-0.05, 0) is 41.0 Å². The lowest BCUT2D eigenvalue weighted by molar-refractivity contribution is 0.199. The highest BCUT2D eigenvalue weighted by molar-refractivity contribution is 7.90. The molecule has 0 bridgehead atoms. The Morgan fingerprint density at radius 2 is 2.00 bits per heavy atom. The summed E-state index contributed by atoms with van der Waals surface area (Å²) in [7, 11) is -1.69. The van der Waals surface area contributed by atoms with Gasteiger partial charge in [-0.2, -0.15) is 5.26 Å². The van der Waals surface area contributed by atoms with E-state index in [1.54, 1.807) is 30.0 Å². The molecule has 3 atom stereocenters. The third-order valence-corrected chi connectivity index (χ3v) is 7.85. The lowest BCUT2D eigenvalue weighted by atomic mass is 10.0. The Balaban J connectivity index is 1.45. The van der Waals surface area contributed by atoms with Crippen LogP contribution in [0.3, 0.4) is 0 Å². The van der Waals surface area contributed by atoms with E-state index in [1.165, 1.54) is 12.1 Å². The van der Waals surface area contributed by atoms with Gasteiger partial charge in [0, 0.05) is 30.5 Å². The predicted octanol–water partition coefficient (Wildman–Crippen LogP) is 4.84. The van der Waals surface area contributed by atoms with Gasteiger partial charge in [0.2, 0.25) is 0 Å². The molecule has 5 rings (SSSR count). The van der Waals surface area contributed by atoms with Crippen LogP contribution in [-0.4, -0.2) is 19.9 Å². The van der Waals surface area contributed by atoms with E-state index in [4.69, 9.17) is 10.0 Å². The van der Waals surface area contributed by atoms with Crippen molar-refractivity contribution in [1.82, 2.24) is 9.29 Å². The molecule has 1 aliphatic heterocycles. The number of nitrogens with zero attached hydrogens (tertiary/aromatic N) is 2. The smallest absolute Gasteiger partial charge is 0.166 e. The van der Waals surface area contributed by atoms with E-state index >= 15 is 0 Å². The van der Waals surface area contributed by atoms with Crippen LogP contribution in [0.1, 0.15) is 28.6 Å². The van der Waals surface area contributed by atoms with Crippen LogP contribution >= 0.6 is 0 Å². The van der Waals surface area contributed by atoms with Gasteiger partial charge in [-0.25, -0.2) is 18.1 Å². The van der Waals surface area contributed by atoms with Gasteiger partial charge in [0.1, 0.15) is 21.8 Å². The molecule has 0 amide bonds. The number of aliphatic hydroxyl groups excluding tert-OH is 1. The number of nitriles is 1. The average molecular weight is 502 g/mol. The Labute approximate surface area is 208 Å². The van der Waals surface area contributed by atoms with Crippen LogP contribution in [0.25, 0.3) is 16.8 Å². The fourth-order valence-corrected chi connectivity index (χ4v) is 6.06. The summed E-state index contributed by atoms with van der Waals surface area (Å²) < 4.78 is 40.3. The number of halogens is 1. The van der Waals surface area contributed by atoms with E-state index in [0.717, 1.165) is 22.4 Å². The van der Waals surface area contributed by atoms with Gasteiger partial charge in [-0.1, -0.05) is 54.6 Å². The molecule has 36 heavy (non-hydrogen) atoms. The largest absolute Gasteiger partial charge is 0.368 e. The quantitative estimate of drug-likeness (QED) is 0.293. The zero-order valence-corrected chi connectivity index (χ0v) is 20.2. The van der Waals surface area contributed by atoms with Crippen LogP contribution in [0.15, 0.2) is 77.8 Å². The predicted molar refractivity (Wildman–Crippen MR) is 138 cm³/mol. The number of hydrogen-bond acceptors (Lipinski definition) is 5. The molecular weight excluding hydrogens is 477 g/mol.